The normalized spacial score (nSPS) is 9.89. The molecular formula is C13H7BrClFN2. The molecule has 0 saturated heterocycles. The Kier molecular flexibility index (Phi) is 3.85. The topological polar surface area (TPSA) is 35.8 Å². The first kappa shape index (κ1) is 12.9. The Bertz CT molecular complexity index is 617. The number of nitrogens with zero attached hydrogens (tertiary/aromatic N) is 1. The smallest absolute Gasteiger partial charge is 0.147 e. The summed E-state index contributed by atoms with van der Waals surface area (Å²) in [6, 6.07) is 11.4. The van der Waals surface area contributed by atoms with Crippen molar-refractivity contribution in [3.05, 3.63) is 57.3 Å². The van der Waals surface area contributed by atoms with Crippen LogP contribution in [-0.4, -0.2) is 0 Å². The zero-order valence-corrected chi connectivity index (χ0v) is 11.4. The maximum absolute atomic E-state index is 13.6. The van der Waals surface area contributed by atoms with Gasteiger partial charge in [-0.2, -0.15) is 5.26 Å². The van der Waals surface area contributed by atoms with Crippen LogP contribution in [0.2, 0.25) is 5.02 Å². The van der Waals surface area contributed by atoms with E-state index in [0.717, 1.165) is 0 Å². The zero-order valence-electron chi connectivity index (χ0n) is 9.05. The van der Waals surface area contributed by atoms with Crippen LogP contribution in [-0.2, 0) is 0 Å². The summed E-state index contributed by atoms with van der Waals surface area (Å²) in [5, 5.41) is 12.0. The number of nitrogens with one attached hydrogen (secondary N) is 1. The number of rotatable bonds is 2. The van der Waals surface area contributed by atoms with Gasteiger partial charge in [-0.3, -0.25) is 0 Å². The Labute approximate surface area is 117 Å². The maximum atomic E-state index is 13.6. The Morgan fingerprint density at radius 3 is 2.67 bits per heavy atom. The first-order chi connectivity index (χ1) is 8.61. The van der Waals surface area contributed by atoms with Gasteiger partial charge in [0, 0.05) is 4.47 Å². The molecule has 90 valence electrons. The lowest BCUT2D eigenvalue weighted by Gasteiger charge is -2.11. The lowest BCUT2D eigenvalue weighted by Crippen LogP contribution is -1.96. The van der Waals surface area contributed by atoms with Gasteiger partial charge in [0.25, 0.3) is 0 Å². The Balaban J connectivity index is 2.38. The average Bonchev–Trinajstić information content (AvgIpc) is 2.35. The third-order valence-corrected chi connectivity index (χ3v) is 3.29. The van der Waals surface area contributed by atoms with Crippen LogP contribution in [0.15, 0.2) is 40.9 Å². The van der Waals surface area contributed by atoms with Crippen LogP contribution in [0.25, 0.3) is 0 Å². The summed E-state index contributed by atoms with van der Waals surface area (Å²) in [5.41, 5.74) is 1.31. The molecule has 2 rings (SSSR count). The molecule has 1 N–H and O–H groups in total. The van der Waals surface area contributed by atoms with Crippen LogP contribution < -0.4 is 5.32 Å². The highest BCUT2D eigenvalue weighted by Gasteiger charge is 2.09. The van der Waals surface area contributed by atoms with Gasteiger partial charge in [0.05, 0.1) is 28.0 Å². The van der Waals surface area contributed by atoms with E-state index in [1.165, 1.54) is 12.1 Å². The number of nitriles is 1. The Morgan fingerprint density at radius 1 is 1.28 bits per heavy atom. The van der Waals surface area contributed by atoms with E-state index >= 15 is 0 Å². The van der Waals surface area contributed by atoms with Crippen molar-refractivity contribution < 1.29 is 4.39 Å². The van der Waals surface area contributed by atoms with Gasteiger partial charge in [0.2, 0.25) is 0 Å². The minimum atomic E-state index is -0.384. The Hall–Kier alpha value is -1.57. The number of hydrogen-bond acceptors (Lipinski definition) is 2. The largest absolute Gasteiger partial charge is 0.351 e. The number of benzene rings is 2. The molecule has 2 nitrogen and oxygen atoms in total. The predicted molar refractivity (Wildman–Crippen MR) is 73.5 cm³/mol. The van der Waals surface area contributed by atoms with E-state index in [-0.39, 0.29) is 5.82 Å². The summed E-state index contributed by atoms with van der Waals surface area (Å²) in [6.45, 7) is 0. The molecule has 0 radical (unpaired) electrons. The van der Waals surface area contributed by atoms with Gasteiger partial charge in [-0.1, -0.05) is 17.7 Å². The van der Waals surface area contributed by atoms with Crippen molar-refractivity contribution in [1.29, 1.82) is 5.26 Å². The number of anilines is 2. The van der Waals surface area contributed by atoms with Gasteiger partial charge >= 0.3 is 0 Å². The second kappa shape index (κ2) is 5.38. The van der Waals surface area contributed by atoms with Crippen molar-refractivity contribution >= 4 is 38.9 Å². The molecule has 0 saturated carbocycles. The fourth-order valence-electron chi connectivity index (χ4n) is 1.44. The average molecular weight is 326 g/mol. The molecule has 0 unspecified atom stereocenters. The first-order valence-corrected chi connectivity index (χ1v) is 6.19. The van der Waals surface area contributed by atoms with E-state index in [4.69, 9.17) is 16.9 Å². The van der Waals surface area contributed by atoms with Crippen LogP contribution in [0, 0.1) is 17.1 Å². The van der Waals surface area contributed by atoms with Crippen molar-refractivity contribution in [3.63, 3.8) is 0 Å². The summed E-state index contributed by atoms with van der Waals surface area (Å²) in [6.07, 6.45) is 0. The molecule has 5 heteroatoms. The fourth-order valence-corrected chi connectivity index (χ4v) is 2.11. The fraction of sp³-hybridized carbons (Fsp3) is 0. The van der Waals surface area contributed by atoms with Gasteiger partial charge in [0.1, 0.15) is 5.82 Å². The van der Waals surface area contributed by atoms with Gasteiger partial charge in [-0.05, 0) is 46.3 Å². The number of para-hydroxylation sites is 1. The monoisotopic (exact) mass is 324 g/mol. The van der Waals surface area contributed by atoms with E-state index in [2.05, 4.69) is 21.2 Å². The van der Waals surface area contributed by atoms with E-state index in [1.54, 1.807) is 24.3 Å². The predicted octanol–water partition coefficient (Wildman–Crippen LogP) is 4.86. The van der Waals surface area contributed by atoms with E-state index in [1.807, 2.05) is 6.07 Å². The van der Waals surface area contributed by atoms with Gasteiger partial charge < -0.3 is 5.32 Å². The second-order valence-electron chi connectivity index (χ2n) is 3.53. The molecule has 0 spiro atoms. The summed E-state index contributed by atoms with van der Waals surface area (Å²) in [5.74, 6) is -0.384. The molecule has 2 aromatic carbocycles. The van der Waals surface area contributed by atoms with Crippen LogP contribution >= 0.6 is 27.5 Å². The first-order valence-electron chi connectivity index (χ1n) is 5.02. The highest BCUT2D eigenvalue weighted by atomic mass is 79.9. The molecule has 0 aromatic heterocycles. The lowest BCUT2D eigenvalue weighted by atomic mass is 10.2. The molecule has 0 amide bonds. The van der Waals surface area contributed by atoms with E-state index in [9.17, 15) is 4.39 Å². The quantitative estimate of drug-likeness (QED) is 0.856. The lowest BCUT2D eigenvalue weighted by molar-refractivity contribution is 0.631. The van der Waals surface area contributed by atoms with Crippen molar-refractivity contribution in [2.45, 2.75) is 0 Å². The standard InChI is InChI=1S/C13H7BrClFN2/c14-9-2-1-3-11(16)13(9)18-12-5-4-8(7-17)6-10(12)15/h1-6,18H. The molecule has 0 fully saturated rings. The highest BCUT2D eigenvalue weighted by Crippen LogP contribution is 2.32. The van der Waals surface area contributed by atoms with Crippen molar-refractivity contribution in [3.8, 4) is 6.07 Å². The molecule has 2 aromatic rings. The second-order valence-corrected chi connectivity index (χ2v) is 4.79. The molecule has 0 aliphatic heterocycles. The van der Waals surface area contributed by atoms with Crippen LogP contribution in [0.4, 0.5) is 15.8 Å². The zero-order chi connectivity index (χ0) is 13.1. The molecule has 0 atom stereocenters. The van der Waals surface area contributed by atoms with Crippen LogP contribution in [0.1, 0.15) is 5.56 Å². The summed E-state index contributed by atoms with van der Waals surface area (Å²) in [7, 11) is 0. The maximum Gasteiger partial charge on any atom is 0.147 e. The van der Waals surface area contributed by atoms with Crippen molar-refractivity contribution in [2.24, 2.45) is 0 Å². The summed E-state index contributed by atoms with van der Waals surface area (Å²) in [4.78, 5) is 0. The van der Waals surface area contributed by atoms with Crippen molar-refractivity contribution in [1.82, 2.24) is 0 Å². The van der Waals surface area contributed by atoms with Crippen LogP contribution in [0.5, 0.6) is 0 Å². The third kappa shape index (κ3) is 2.63. The van der Waals surface area contributed by atoms with Crippen molar-refractivity contribution in [2.75, 3.05) is 5.32 Å². The summed E-state index contributed by atoms with van der Waals surface area (Å²) >= 11 is 9.27. The molecular weight excluding hydrogens is 319 g/mol. The Morgan fingerprint density at radius 2 is 2.06 bits per heavy atom. The molecule has 18 heavy (non-hydrogen) atoms. The number of halogens is 3. The van der Waals surface area contributed by atoms with E-state index < -0.39 is 0 Å². The van der Waals surface area contributed by atoms with Gasteiger partial charge in [0.15, 0.2) is 0 Å². The SMILES string of the molecule is N#Cc1ccc(Nc2c(F)cccc2Br)c(Cl)c1. The van der Waals surface area contributed by atoms with Gasteiger partial charge in [-0.15, -0.1) is 0 Å². The number of hydrogen-bond donors (Lipinski definition) is 1. The molecule has 0 aliphatic carbocycles. The van der Waals surface area contributed by atoms with E-state index in [0.29, 0.717) is 26.4 Å². The van der Waals surface area contributed by atoms with Gasteiger partial charge in [-0.25, -0.2) is 4.39 Å². The minimum absolute atomic E-state index is 0.309. The highest BCUT2D eigenvalue weighted by molar-refractivity contribution is 9.10. The molecule has 0 heterocycles. The summed E-state index contributed by atoms with van der Waals surface area (Å²) < 4.78 is 14.2. The molecule has 0 aliphatic rings. The molecule has 0 bridgehead atoms. The van der Waals surface area contributed by atoms with Crippen LogP contribution in [0.3, 0.4) is 0 Å². The third-order valence-electron chi connectivity index (χ3n) is 2.32. The minimum Gasteiger partial charge on any atom is -0.351 e.